The third-order valence-corrected chi connectivity index (χ3v) is 2.46. The minimum absolute atomic E-state index is 0.0631. The van der Waals surface area contributed by atoms with Gasteiger partial charge in [-0.1, -0.05) is 13.0 Å². The number of rotatable bonds is 5. The molecule has 0 atom stereocenters. The van der Waals surface area contributed by atoms with Gasteiger partial charge in [-0.05, 0) is 18.6 Å². The maximum absolute atomic E-state index is 11.1. The van der Waals surface area contributed by atoms with Crippen molar-refractivity contribution >= 4 is 11.8 Å². The fraction of sp³-hybridized carbons (Fsp3) is 0.231. The van der Waals surface area contributed by atoms with Crippen molar-refractivity contribution in [1.29, 1.82) is 0 Å². The van der Waals surface area contributed by atoms with Gasteiger partial charge in [0.2, 0.25) is 0 Å². The number of carbonyl (C=O) groups is 1. The predicted molar refractivity (Wildman–Crippen MR) is 71.0 cm³/mol. The number of hydrogen-bond donors (Lipinski definition) is 2. The highest BCUT2D eigenvalue weighted by Gasteiger charge is 2.14. The van der Waals surface area contributed by atoms with Crippen molar-refractivity contribution in [2.24, 2.45) is 0 Å². The van der Waals surface area contributed by atoms with Gasteiger partial charge < -0.3 is 10.4 Å². The number of pyridine rings is 1. The average Bonchev–Trinajstić information content (AvgIpc) is 2.45. The summed E-state index contributed by atoms with van der Waals surface area (Å²) in [5, 5.41) is 12.1. The minimum atomic E-state index is -1.05. The lowest BCUT2D eigenvalue weighted by Gasteiger charge is -2.08. The molecule has 0 spiro atoms. The van der Waals surface area contributed by atoms with Crippen LogP contribution in [-0.4, -0.2) is 32.6 Å². The Morgan fingerprint density at radius 3 is 2.84 bits per heavy atom. The molecule has 0 saturated heterocycles. The van der Waals surface area contributed by atoms with Gasteiger partial charge >= 0.3 is 5.97 Å². The van der Waals surface area contributed by atoms with Gasteiger partial charge in [-0.25, -0.2) is 14.8 Å². The third-order valence-electron chi connectivity index (χ3n) is 2.46. The van der Waals surface area contributed by atoms with Crippen LogP contribution in [0.5, 0.6) is 0 Å². The molecule has 0 fully saturated rings. The summed E-state index contributed by atoms with van der Waals surface area (Å²) < 4.78 is 0. The summed E-state index contributed by atoms with van der Waals surface area (Å²) in [6, 6.07) is 5.40. The molecule has 0 aromatic carbocycles. The smallest absolute Gasteiger partial charge is 0.341 e. The summed E-state index contributed by atoms with van der Waals surface area (Å²) in [5.41, 5.74) is 0.673. The molecule has 0 unspecified atom stereocenters. The number of nitrogens with zero attached hydrogens (tertiary/aromatic N) is 3. The van der Waals surface area contributed by atoms with Crippen molar-refractivity contribution in [2.75, 3.05) is 11.9 Å². The lowest BCUT2D eigenvalue weighted by Crippen LogP contribution is -2.10. The Morgan fingerprint density at radius 2 is 2.21 bits per heavy atom. The van der Waals surface area contributed by atoms with E-state index in [4.69, 9.17) is 5.11 Å². The van der Waals surface area contributed by atoms with Crippen LogP contribution in [0.2, 0.25) is 0 Å². The number of carboxylic acid groups (broad SMARTS) is 1. The number of nitrogens with one attached hydrogen (secondary N) is 1. The molecule has 2 aromatic rings. The number of hydrogen-bond acceptors (Lipinski definition) is 5. The Hall–Kier alpha value is -2.50. The summed E-state index contributed by atoms with van der Waals surface area (Å²) in [5.74, 6) is -0.319. The Labute approximate surface area is 110 Å². The quantitative estimate of drug-likeness (QED) is 0.853. The van der Waals surface area contributed by atoms with Gasteiger partial charge in [0, 0.05) is 18.9 Å². The normalized spacial score (nSPS) is 10.2. The van der Waals surface area contributed by atoms with Crippen LogP contribution in [0.3, 0.4) is 0 Å². The maximum atomic E-state index is 11.1. The van der Waals surface area contributed by atoms with Gasteiger partial charge in [0.1, 0.15) is 17.1 Å². The zero-order valence-electron chi connectivity index (χ0n) is 10.5. The minimum Gasteiger partial charge on any atom is -0.477 e. The Morgan fingerprint density at radius 1 is 1.37 bits per heavy atom. The van der Waals surface area contributed by atoms with Crippen LogP contribution < -0.4 is 5.32 Å². The van der Waals surface area contributed by atoms with Crippen molar-refractivity contribution in [3.8, 4) is 11.5 Å². The second-order valence-electron chi connectivity index (χ2n) is 3.90. The van der Waals surface area contributed by atoms with Crippen LogP contribution in [0.1, 0.15) is 23.7 Å². The zero-order chi connectivity index (χ0) is 13.7. The van der Waals surface area contributed by atoms with Crippen LogP contribution in [-0.2, 0) is 0 Å². The average molecular weight is 258 g/mol. The van der Waals surface area contributed by atoms with Crippen LogP contribution in [0.25, 0.3) is 11.5 Å². The Kier molecular flexibility index (Phi) is 4.02. The molecule has 2 aromatic heterocycles. The largest absolute Gasteiger partial charge is 0.477 e. The van der Waals surface area contributed by atoms with E-state index in [2.05, 4.69) is 20.3 Å². The SMILES string of the molecule is CCCNc1nc(-c2ccccn2)ncc1C(=O)O. The van der Waals surface area contributed by atoms with Crippen molar-refractivity contribution in [2.45, 2.75) is 13.3 Å². The molecule has 2 N–H and O–H groups in total. The Bertz CT molecular complexity index is 572. The first-order valence-electron chi connectivity index (χ1n) is 5.98. The molecule has 2 heterocycles. The van der Waals surface area contributed by atoms with Crippen LogP contribution in [0, 0.1) is 0 Å². The Balaban J connectivity index is 2.40. The number of anilines is 1. The molecule has 98 valence electrons. The molecular formula is C13H14N4O2. The number of aromatic nitrogens is 3. The molecule has 6 nitrogen and oxygen atoms in total. The summed E-state index contributed by atoms with van der Waals surface area (Å²) >= 11 is 0. The van der Waals surface area contributed by atoms with E-state index >= 15 is 0 Å². The molecule has 0 saturated carbocycles. The van der Waals surface area contributed by atoms with Gasteiger partial charge in [-0.3, -0.25) is 4.98 Å². The fourth-order valence-corrected chi connectivity index (χ4v) is 1.53. The highest BCUT2D eigenvalue weighted by Crippen LogP contribution is 2.17. The molecule has 0 aliphatic heterocycles. The summed E-state index contributed by atoms with van der Waals surface area (Å²) in [4.78, 5) is 23.5. The van der Waals surface area contributed by atoms with E-state index in [1.54, 1.807) is 18.3 Å². The first kappa shape index (κ1) is 12.9. The monoisotopic (exact) mass is 258 g/mol. The van der Waals surface area contributed by atoms with Gasteiger partial charge in [0.25, 0.3) is 0 Å². The van der Waals surface area contributed by atoms with E-state index < -0.39 is 5.97 Å². The molecule has 19 heavy (non-hydrogen) atoms. The zero-order valence-corrected chi connectivity index (χ0v) is 10.5. The summed E-state index contributed by atoms with van der Waals surface area (Å²) in [6.45, 7) is 2.65. The highest BCUT2D eigenvalue weighted by molar-refractivity contribution is 5.93. The second-order valence-corrected chi connectivity index (χ2v) is 3.90. The van der Waals surface area contributed by atoms with Crippen LogP contribution >= 0.6 is 0 Å². The van der Waals surface area contributed by atoms with Gasteiger partial charge in [-0.15, -0.1) is 0 Å². The van der Waals surface area contributed by atoms with E-state index in [-0.39, 0.29) is 5.56 Å². The molecule has 0 amide bonds. The third kappa shape index (κ3) is 3.04. The lowest BCUT2D eigenvalue weighted by molar-refractivity contribution is 0.0697. The van der Waals surface area contributed by atoms with Crippen molar-refractivity contribution in [1.82, 2.24) is 15.0 Å². The van der Waals surface area contributed by atoms with E-state index in [1.807, 2.05) is 13.0 Å². The van der Waals surface area contributed by atoms with E-state index in [0.29, 0.717) is 23.9 Å². The van der Waals surface area contributed by atoms with Gasteiger partial charge in [0.15, 0.2) is 5.82 Å². The summed E-state index contributed by atoms with van der Waals surface area (Å²) in [6.07, 6.45) is 3.82. The first-order valence-corrected chi connectivity index (χ1v) is 5.98. The predicted octanol–water partition coefficient (Wildman–Crippen LogP) is 2.06. The molecule has 0 bridgehead atoms. The van der Waals surface area contributed by atoms with Gasteiger partial charge in [0.05, 0.1) is 0 Å². The number of carboxylic acids is 1. The molecule has 0 aliphatic carbocycles. The van der Waals surface area contributed by atoms with E-state index in [9.17, 15) is 4.79 Å². The molecule has 6 heteroatoms. The molecule has 0 radical (unpaired) electrons. The van der Waals surface area contributed by atoms with Gasteiger partial charge in [-0.2, -0.15) is 0 Å². The molecule has 2 rings (SSSR count). The highest BCUT2D eigenvalue weighted by atomic mass is 16.4. The van der Waals surface area contributed by atoms with Crippen LogP contribution in [0.4, 0.5) is 5.82 Å². The molecule has 0 aliphatic rings. The van der Waals surface area contributed by atoms with Crippen molar-refractivity contribution < 1.29 is 9.90 Å². The topological polar surface area (TPSA) is 88.0 Å². The maximum Gasteiger partial charge on any atom is 0.341 e. The van der Waals surface area contributed by atoms with E-state index in [0.717, 1.165) is 6.42 Å². The van der Waals surface area contributed by atoms with Crippen LogP contribution in [0.15, 0.2) is 30.6 Å². The summed E-state index contributed by atoms with van der Waals surface area (Å²) in [7, 11) is 0. The lowest BCUT2D eigenvalue weighted by atomic mass is 10.2. The van der Waals surface area contributed by atoms with Crippen molar-refractivity contribution in [3.05, 3.63) is 36.2 Å². The standard InChI is InChI=1S/C13H14N4O2/c1-2-6-15-11-9(13(18)19)8-16-12(17-11)10-5-3-4-7-14-10/h3-5,7-8H,2,6H2,1H3,(H,18,19)(H,15,16,17). The van der Waals surface area contributed by atoms with E-state index in [1.165, 1.54) is 6.20 Å². The second kappa shape index (κ2) is 5.90. The first-order chi connectivity index (χ1) is 9.22. The molecular weight excluding hydrogens is 244 g/mol. The van der Waals surface area contributed by atoms with Crippen molar-refractivity contribution in [3.63, 3.8) is 0 Å². The number of aromatic carboxylic acids is 1. The fourth-order valence-electron chi connectivity index (χ4n) is 1.53.